The SMILES string of the molecule is CCc1nc(-c2cc(C3CC3)cs2)nc(Nc2ccc(CC(=O)O)cc2)c1CC. The Morgan fingerprint density at radius 1 is 1.17 bits per heavy atom. The summed E-state index contributed by atoms with van der Waals surface area (Å²) in [5, 5.41) is 14.6. The fourth-order valence-electron chi connectivity index (χ4n) is 3.52. The lowest BCUT2D eigenvalue weighted by Gasteiger charge is -2.15. The largest absolute Gasteiger partial charge is 0.481 e. The molecule has 0 spiro atoms. The standard InChI is InChI=1S/C23H25N3O2S/c1-3-18-19(4-2)25-23(20-12-16(13-29-20)15-7-8-15)26-22(18)24-17-9-5-14(6-10-17)11-21(27)28/h5-6,9-10,12-13,15H,3-4,7-8,11H2,1-2H3,(H,27,28)(H,24,25,26). The fourth-order valence-corrected chi connectivity index (χ4v) is 4.45. The number of aromatic nitrogens is 2. The molecule has 150 valence electrons. The van der Waals surface area contributed by atoms with Gasteiger partial charge in [-0.2, -0.15) is 0 Å². The van der Waals surface area contributed by atoms with E-state index in [4.69, 9.17) is 15.1 Å². The lowest BCUT2D eigenvalue weighted by Crippen LogP contribution is -2.07. The molecule has 0 aliphatic heterocycles. The summed E-state index contributed by atoms with van der Waals surface area (Å²) in [5.41, 5.74) is 5.29. The van der Waals surface area contributed by atoms with Crippen molar-refractivity contribution in [3.8, 4) is 10.7 Å². The van der Waals surface area contributed by atoms with Gasteiger partial charge in [-0.3, -0.25) is 4.79 Å². The van der Waals surface area contributed by atoms with Crippen LogP contribution in [-0.4, -0.2) is 21.0 Å². The molecule has 2 heterocycles. The van der Waals surface area contributed by atoms with E-state index in [2.05, 4.69) is 30.6 Å². The van der Waals surface area contributed by atoms with E-state index >= 15 is 0 Å². The summed E-state index contributed by atoms with van der Waals surface area (Å²) in [6.45, 7) is 4.24. The van der Waals surface area contributed by atoms with Crippen LogP contribution < -0.4 is 5.32 Å². The van der Waals surface area contributed by atoms with Gasteiger partial charge in [0, 0.05) is 16.9 Å². The number of rotatable bonds is 8. The van der Waals surface area contributed by atoms with Crippen molar-refractivity contribution in [1.29, 1.82) is 0 Å². The number of aryl methyl sites for hydroxylation is 1. The first-order valence-electron chi connectivity index (χ1n) is 10.1. The van der Waals surface area contributed by atoms with Crippen LogP contribution in [0.5, 0.6) is 0 Å². The monoisotopic (exact) mass is 407 g/mol. The van der Waals surface area contributed by atoms with Crippen LogP contribution in [0.15, 0.2) is 35.7 Å². The number of carbonyl (C=O) groups is 1. The molecule has 0 saturated heterocycles. The second-order valence-corrected chi connectivity index (χ2v) is 8.35. The highest BCUT2D eigenvalue weighted by atomic mass is 32.1. The smallest absolute Gasteiger partial charge is 0.307 e. The Kier molecular flexibility index (Phi) is 5.62. The van der Waals surface area contributed by atoms with Gasteiger partial charge < -0.3 is 10.4 Å². The van der Waals surface area contributed by atoms with E-state index in [-0.39, 0.29) is 6.42 Å². The first kappa shape index (κ1) is 19.6. The Hall–Kier alpha value is -2.73. The Bertz CT molecular complexity index is 1020. The molecule has 1 saturated carbocycles. The Balaban J connectivity index is 1.66. The van der Waals surface area contributed by atoms with Gasteiger partial charge in [-0.05, 0) is 66.3 Å². The van der Waals surface area contributed by atoms with Gasteiger partial charge >= 0.3 is 5.97 Å². The summed E-state index contributed by atoms with van der Waals surface area (Å²) in [4.78, 5) is 21.7. The molecule has 0 unspecified atom stereocenters. The van der Waals surface area contributed by atoms with Gasteiger partial charge in [0.15, 0.2) is 5.82 Å². The minimum atomic E-state index is -0.825. The van der Waals surface area contributed by atoms with Crippen LogP contribution in [0, 0.1) is 0 Å². The molecule has 4 rings (SSSR count). The van der Waals surface area contributed by atoms with E-state index in [1.165, 1.54) is 18.4 Å². The number of hydrogen-bond acceptors (Lipinski definition) is 5. The molecule has 1 fully saturated rings. The van der Waals surface area contributed by atoms with Crippen LogP contribution in [0.4, 0.5) is 11.5 Å². The third kappa shape index (κ3) is 4.48. The molecule has 5 nitrogen and oxygen atoms in total. The summed E-state index contributed by atoms with van der Waals surface area (Å²) in [7, 11) is 0. The van der Waals surface area contributed by atoms with Crippen molar-refractivity contribution in [3.63, 3.8) is 0 Å². The minimum absolute atomic E-state index is 0.0276. The second kappa shape index (κ2) is 8.33. The fraction of sp³-hybridized carbons (Fsp3) is 0.348. The number of carboxylic acids is 1. The van der Waals surface area contributed by atoms with Crippen molar-refractivity contribution >= 4 is 28.8 Å². The normalized spacial score (nSPS) is 13.4. The molecule has 1 aromatic carbocycles. The highest BCUT2D eigenvalue weighted by Crippen LogP contribution is 2.43. The summed E-state index contributed by atoms with van der Waals surface area (Å²) < 4.78 is 0. The van der Waals surface area contributed by atoms with Crippen molar-refractivity contribution in [2.24, 2.45) is 0 Å². The number of aliphatic carboxylic acids is 1. The van der Waals surface area contributed by atoms with Gasteiger partial charge in [-0.25, -0.2) is 9.97 Å². The van der Waals surface area contributed by atoms with Crippen molar-refractivity contribution in [2.45, 2.75) is 51.9 Å². The summed E-state index contributed by atoms with van der Waals surface area (Å²) in [6.07, 6.45) is 4.31. The highest BCUT2D eigenvalue weighted by Gasteiger charge is 2.25. The highest BCUT2D eigenvalue weighted by molar-refractivity contribution is 7.13. The quantitative estimate of drug-likeness (QED) is 0.510. The number of carboxylic acid groups (broad SMARTS) is 1. The van der Waals surface area contributed by atoms with Crippen LogP contribution in [0.25, 0.3) is 10.7 Å². The zero-order valence-electron chi connectivity index (χ0n) is 16.7. The van der Waals surface area contributed by atoms with E-state index in [0.717, 1.165) is 57.8 Å². The summed E-state index contributed by atoms with van der Waals surface area (Å²) >= 11 is 1.72. The molecule has 0 bridgehead atoms. The maximum atomic E-state index is 10.9. The van der Waals surface area contributed by atoms with Crippen LogP contribution in [0.1, 0.15) is 55.0 Å². The molecule has 1 aliphatic rings. The molecule has 3 aromatic rings. The van der Waals surface area contributed by atoms with E-state index in [1.54, 1.807) is 11.3 Å². The molecule has 2 N–H and O–H groups in total. The van der Waals surface area contributed by atoms with Crippen LogP contribution in [-0.2, 0) is 24.1 Å². The summed E-state index contributed by atoms with van der Waals surface area (Å²) in [5.74, 6) is 1.51. The number of benzene rings is 1. The lowest BCUT2D eigenvalue weighted by molar-refractivity contribution is -0.136. The van der Waals surface area contributed by atoms with Gasteiger partial charge in [-0.1, -0.05) is 26.0 Å². The average molecular weight is 408 g/mol. The van der Waals surface area contributed by atoms with E-state index in [1.807, 2.05) is 24.3 Å². The van der Waals surface area contributed by atoms with Gasteiger partial charge in [0.2, 0.25) is 0 Å². The second-order valence-electron chi connectivity index (χ2n) is 7.44. The summed E-state index contributed by atoms with van der Waals surface area (Å²) in [6, 6.07) is 9.73. The number of nitrogens with zero attached hydrogens (tertiary/aromatic N) is 2. The van der Waals surface area contributed by atoms with Crippen molar-refractivity contribution in [3.05, 3.63) is 58.1 Å². The molecular formula is C23H25N3O2S. The zero-order chi connectivity index (χ0) is 20.4. The van der Waals surface area contributed by atoms with Gasteiger partial charge in [0.1, 0.15) is 5.82 Å². The van der Waals surface area contributed by atoms with Gasteiger partial charge in [-0.15, -0.1) is 11.3 Å². The number of anilines is 2. The molecule has 29 heavy (non-hydrogen) atoms. The molecule has 0 radical (unpaired) electrons. The maximum absolute atomic E-state index is 10.9. The molecular weight excluding hydrogens is 382 g/mol. The van der Waals surface area contributed by atoms with E-state index < -0.39 is 5.97 Å². The first-order chi connectivity index (χ1) is 14.1. The number of nitrogens with one attached hydrogen (secondary N) is 1. The lowest BCUT2D eigenvalue weighted by atomic mass is 10.1. The van der Waals surface area contributed by atoms with Crippen LogP contribution >= 0.6 is 11.3 Å². The average Bonchev–Trinajstić information content (AvgIpc) is 3.45. The predicted molar refractivity (Wildman–Crippen MR) is 117 cm³/mol. The number of thiophene rings is 1. The zero-order valence-corrected chi connectivity index (χ0v) is 17.6. The van der Waals surface area contributed by atoms with Crippen molar-refractivity contribution in [2.75, 3.05) is 5.32 Å². The Labute approximate surface area is 174 Å². The third-order valence-corrected chi connectivity index (χ3v) is 6.19. The van der Waals surface area contributed by atoms with Crippen LogP contribution in [0.2, 0.25) is 0 Å². The van der Waals surface area contributed by atoms with Crippen LogP contribution in [0.3, 0.4) is 0 Å². The molecule has 0 amide bonds. The molecule has 1 aliphatic carbocycles. The third-order valence-electron chi connectivity index (χ3n) is 5.24. The van der Waals surface area contributed by atoms with Crippen molar-refractivity contribution < 1.29 is 9.90 Å². The topological polar surface area (TPSA) is 75.1 Å². The Morgan fingerprint density at radius 2 is 1.93 bits per heavy atom. The number of hydrogen-bond donors (Lipinski definition) is 2. The molecule has 2 aromatic heterocycles. The maximum Gasteiger partial charge on any atom is 0.307 e. The van der Waals surface area contributed by atoms with E-state index in [0.29, 0.717) is 0 Å². The molecule has 0 atom stereocenters. The van der Waals surface area contributed by atoms with Gasteiger partial charge in [0.05, 0.1) is 11.3 Å². The first-order valence-corrected chi connectivity index (χ1v) is 11.0. The predicted octanol–water partition coefficient (Wildman–Crippen LogP) is 5.58. The Morgan fingerprint density at radius 3 is 2.55 bits per heavy atom. The molecule has 6 heteroatoms. The van der Waals surface area contributed by atoms with Crippen molar-refractivity contribution in [1.82, 2.24) is 9.97 Å². The van der Waals surface area contributed by atoms with E-state index in [9.17, 15) is 4.79 Å². The van der Waals surface area contributed by atoms with Gasteiger partial charge in [0.25, 0.3) is 0 Å². The minimum Gasteiger partial charge on any atom is -0.481 e.